The maximum Gasteiger partial charge on any atom is 0.170 e. The number of carbonyl (C=O) groups is 1. The number of hydrogen-bond acceptors (Lipinski definition) is 4. The van der Waals surface area contributed by atoms with Gasteiger partial charge in [-0.3, -0.25) is 4.79 Å². The van der Waals surface area contributed by atoms with Crippen molar-refractivity contribution in [1.29, 1.82) is 0 Å². The van der Waals surface area contributed by atoms with Gasteiger partial charge in [0.25, 0.3) is 0 Å². The van der Waals surface area contributed by atoms with Gasteiger partial charge in [-0.05, 0) is 102 Å². The lowest BCUT2D eigenvalue weighted by Crippen LogP contribution is -2.48. The summed E-state index contributed by atoms with van der Waals surface area (Å²) in [6.45, 7) is 13.0. The summed E-state index contributed by atoms with van der Waals surface area (Å²) in [5.41, 5.74) is 4.52. The molecule has 4 aliphatic rings. The first-order valence-corrected chi connectivity index (χ1v) is 11.1. The first-order chi connectivity index (χ1) is 14.0. The normalized spacial score (nSPS) is 28.5. The van der Waals surface area contributed by atoms with Gasteiger partial charge in [0, 0.05) is 11.1 Å². The average molecular weight is 409 g/mol. The van der Waals surface area contributed by atoms with Crippen LogP contribution in [-0.2, 0) is 22.4 Å². The van der Waals surface area contributed by atoms with Crippen LogP contribution in [0, 0.1) is 12.3 Å². The summed E-state index contributed by atoms with van der Waals surface area (Å²) in [6, 6.07) is 2.09. The van der Waals surface area contributed by atoms with Crippen molar-refractivity contribution in [3.8, 4) is 11.5 Å². The lowest BCUT2D eigenvalue weighted by molar-refractivity contribution is -0.125. The number of hydrogen-bond donors (Lipinski definition) is 0. The fourth-order valence-corrected chi connectivity index (χ4v) is 5.51. The summed E-state index contributed by atoms with van der Waals surface area (Å²) in [6.07, 6.45) is 6.13. The summed E-state index contributed by atoms with van der Waals surface area (Å²) < 4.78 is 19.1. The first-order valence-electron chi connectivity index (χ1n) is 11.1. The van der Waals surface area contributed by atoms with Gasteiger partial charge in [-0.15, -0.1) is 0 Å². The molecule has 160 valence electrons. The Morgan fingerprint density at radius 2 is 1.63 bits per heavy atom. The van der Waals surface area contributed by atoms with Gasteiger partial charge in [-0.25, -0.2) is 0 Å². The molecule has 1 spiro atoms. The van der Waals surface area contributed by atoms with E-state index in [-0.39, 0.29) is 17.0 Å². The fraction of sp³-hybridized carbons (Fsp3) is 0.577. The van der Waals surface area contributed by atoms with Gasteiger partial charge >= 0.3 is 0 Å². The van der Waals surface area contributed by atoms with Crippen molar-refractivity contribution in [2.75, 3.05) is 6.61 Å². The quantitative estimate of drug-likeness (QED) is 0.577. The molecule has 1 aromatic carbocycles. The molecule has 1 atom stereocenters. The molecule has 4 nitrogen and oxygen atoms in total. The summed E-state index contributed by atoms with van der Waals surface area (Å²) in [5, 5.41) is 0. The van der Waals surface area contributed by atoms with Crippen LogP contribution in [-0.4, -0.2) is 23.6 Å². The Hall–Kier alpha value is -2.23. The molecule has 4 heteroatoms. The maximum absolute atomic E-state index is 13.5. The number of allylic oxidation sites excluding steroid dienone is 2. The van der Waals surface area contributed by atoms with Gasteiger partial charge in [0.1, 0.15) is 35.1 Å². The topological polar surface area (TPSA) is 44.8 Å². The minimum absolute atomic E-state index is 0.152. The standard InChI is InChI=1S/C26H32O4/c1-15-11-20-18(17-7-9-24(3,4)29-22(15)17)13-26(14-28-20)19-8-10-25(5,6)30-23(19)16(2)12-21(26)27/h11-12H,7-10,13-14H2,1-6H3/t26-/m1/s1. The molecule has 0 radical (unpaired) electrons. The largest absolute Gasteiger partial charge is 0.492 e. The summed E-state index contributed by atoms with van der Waals surface area (Å²) in [5.74, 6) is 2.96. The predicted molar refractivity (Wildman–Crippen MR) is 116 cm³/mol. The number of fused-ring (bicyclic) bond motifs is 4. The van der Waals surface area contributed by atoms with E-state index in [0.29, 0.717) is 13.0 Å². The molecular weight excluding hydrogens is 376 g/mol. The van der Waals surface area contributed by atoms with Crippen molar-refractivity contribution in [3.63, 3.8) is 0 Å². The molecular formula is C26H32O4. The van der Waals surface area contributed by atoms with Crippen LogP contribution in [0.2, 0.25) is 0 Å². The molecule has 1 aliphatic carbocycles. The van der Waals surface area contributed by atoms with Gasteiger partial charge in [0.05, 0.1) is 5.41 Å². The Labute approximate surface area is 179 Å². The van der Waals surface area contributed by atoms with E-state index in [1.165, 1.54) is 5.56 Å². The highest BCUT2D eigenvalue weighted by Gasteiger charge is 2.51. The number of aryl methyl sites for hydroxylation is 1. The molecule has 0 amide bonds. The van der Waals surface area contributed by atoms with E-state index in [9.17, 15) is 4.79 Å². The number of benzene rings is 1. The van der Waals surface area contributed by atoms with Crippen molar-refractivity contribution in [2.45, 2.75) is 84.8 Å². The van der Waals surface area contributed by atoms with Crippen LogP contribution in [0.3, 0.4) is 0 Å². The molecule has 5 rings (SSSR count). The Morgan fingerprint density at radius 1 is 0.933 bits per heavy atom. The molecule has 0 saturated heterocycles. The molecule has 0 N–H and O–H groups in total. The molecule has 0 bridgehead atoms. The third kappa shape index (κ3) is 2.83. The lowest BCUT2D eigenvalue weighted by Gasteiger charge is -2.46. The van der Waals surface area contributed by atoms with E-state index in [0.717, 1.165) is 65.2 Å². The number of rotatable bonds is 0. The second-order valence-electron chi connectivity index (χ2n) is 10.7. The summed E-state index contributed by atoms with van der Waals surface area (Å²) >= 11 is 0. The summed E-state index contributed by atoms with van der Waals surface area (Å²) in [7, 11) is 0. The van der Waals surface area contributed by atoms with E-state index >= 15 is 0 Å². The van der Waals surface area contributed by atoms with Crippen LogP contribution in [0.4, 0.5) is 0 Å². The molecule has 1 aromatic rings. The molecule has 0 unspecified atom stereocenters. The Morgan fingerprint density at radius 3 is 2.40 bits per heavy atom. The second kappa shape index (κ2) is 6.15. The van der Waals surface area contributed by atoms with Crippen molar-refractivity contribution in [3.05, 3.63) is 45.7 Å². The van der Waals surface area contributed by atoms with Crippen molar-refractivity contribution < 1.29 is 19.0 Å². The Kier molecular flexibility index (Phi) is 4.04. The molecule has 0 aromatic heterocycles. The van der Waals surface area contributed by atoms with E-state index in [1.807, 2.05) is 6.92 Å². The zero-order valence-corrected chi connectivity index (χ0v) is 19.0. The zero-order chi connectivity index (χ0) is 21.5. The Bertz CT molecular complexity index is 1020. The highest BCUT2D eigenvalue weighted by Crippen LogP contribution is 2.53. The number of ether oxygens (including phenoxy) is 3. The molecule has 0 saturated carbocycles. The van der Waals surface area contributed by atoms with E-state index in [4.69, 9.17) is 14.2 Å². The third-order valence-corrected chi connectivity index (χ3v) is 7.33. The molecule has 30 heavy (non-hydrogen) atoms. The fourth-order valence-electron chi connectivity index (χ4n) is 5.51. The van der Waals surface area contributed by atoms with Gasteiger partial charge in [-0.2, -0.15) is 0 Å². The van der Waals surface area contributed by atoms with E-state index < -0.39 is 5.41 Å². The maximum atomic E-state index is 13.5. The monoisotopic (exact) mass is 408 g/mol. The van der Waals surface area contributed by atoms with Gasteiger partial charge in [0.2, 0.25) is 0 Å². The predicted octanol–water partition coefficient (Wildman–Crippen LogP) is 5.39. The second-order valence-corrected chi connectivity index (χ2v) is 10.7. The van der Waals surface area contributed by atoms with Crippen LogP contribution in [0.25, 0.3) is 0 Å². The molecule has 3 aliphatic heterocycles. The van der Waals surface area contributed by atoms with Crippen LogP contribution in [0.5, 0.6) is 11.5 Å². The SMILES string of the molecule is CC1=CC(=O)[C@]2(COc3cc(C)c4c(c3C2)CCC(C)(C)O4)C2=C1OC(C)(C)CC2. The summed E-state index contributed by atoms with van der Waals surface area (Å²) in [4.78, 5) is 13.5. The number of ketones is 1. The average Bonchev–Trinajstić information content (AvgIpc) is 2.66. The smallest absolute Gasteiger partial charge is 0.170 e. The van der Waals surface area contributed by atoms with Crippen LogP contribution in [0.15, 0.2) is 29.0 Å². The lowest BCUT2D eigenvalue weighted by atomic mass is 9.64. The highest BCUT2D eigenvalue weighted by molar-refractivity contribution is 6.00. The van der Waals surface area contributed by atoms with Crippen molar-refractivity contribution in [1.82, 2.24) is 0 Å². The highest BCUT2D eigenvalue weighted by atomic mass is 16.5. The minimum atomic E-state index is -0.658. The van der Waals surface area contributed by atoms with Crippen molar-refractivity contribution in [2.24, 2.45) is 5.41 Å². The van der Waals surface area contributed by atoms with Crippen LogP contribution in [0.1, 0.15) is 70.6 Å². The third-order valence-electron chi connectivity index (χ3n) is 7.33. The van der Waals surface area contributed by atoms with E-state index in [2.05, 4.69) is 40.7 Å². The van der Waals surface area contributed by atoms with Gasteiger partial charge < -0.3 is 14.2 Å². The van der Waals surface area contributed by atoms with Crippen LogP contribution >= 0.6 is 0 Å². The zero-order valence-electron chi connectivity index (χ0n) is 19.0. The number of carbonyl (C=O) groups excluding carboxylic acids is 1. The molecule has 3 heterocycles. The van der Waals surface area contributed by atoms with Crippen molar-refractivity contribution >= 4 is 5.78 Å². The van der Waals surface area contributed by atoms with Gasteiger partial charge in [-0.1, -0.05) is 0 Å². The Balaban J connectivity index is 1.63. The first kappa shape index (κ1) is 19.7. The van der Waals surface area contributed by atoms with Gasteiger partial charge in [0.15, 0.2) is 5.78 Å². The van der Waals surface area contributed by atoms with E-state index in [1.54, 1.807) is 6.08 Å². The molecule has 0 fully saturated rings. The minimum Gasteiger partial charge on any atom is -0.492 e. The van der Waals surface area contributed by atoms with Crippen LogP contribution < -0.4 is 9.47 Å².